The Kier molecular flexibility index (Phi) is 3.19. The van der Waals surface area contributed by atoms with Crippen LogP contribution >= 0.6 is 0 Å². The third-order valence-electron chi connectivity index (χ3n) is 2.99. The summed E-state index contributed by atoms with van der Waals surface area (Å²) in [7, 11) is 0. The minimum Gasteiger partial charge on any atom is -0.504 e. The number of pyridine rings is 1. The van der Waals surface area contributed by atoms with Crippen LogP contribution in [0.25, 0.3) is 5.65 Å². The summed E-state index contributed by atoms with van der Waals surface area (Å²) in [6.45, 7) is 0.182. The second kappa shape index (κ2) is 5.16. The number of aromatic hydroxyl groups is 1. The number of para-hydroxylation sites is 2. The molecule has 0 saturated carbocycles. The van der Waals surface area contributed by atoms with Crippen LogP contribution in [0.2, 0.25) is 0 Å². The number of ether oxygens (including phenoxy) is 1. The lowest BCUT2D eigenvalue weighted by atomic mass is 10.3. The van der Waals surface area contributed by atoms with Gasteiger partial charge in [-0.15, -0.1) is 0 Å². The first-order valence-corrected chi connectivity index (χ1v) is 6.25. The number of nitrogens with zero attached hydrogens (tertiary/aromatic N) is 2. The van der Waals surface area contributed by atoms with Gasteiger partial charge in [-0.25, -0.2) is 9.78 Å². The van der Waals surface area contributed by atoms with Gasteiger partial charge in [0.2, 0.25) is 0 Å². The molecule has 0 bridgehead atoms. The maximum absolute atomic E-state index is 10.9. The Labute approximate surface area is 119 Å². The van der Waals surface area contributed by atoms with Gasteiger partial charge in [0.25, 0.3) is 0 Å². The van der Waals surface area contributed by atoms with E-state index in [9.17, 15) is 9.90 Å². The number of hydrogen-bond donors (Lipinski definition) is 2. The van der Waals surface area contributed by atoms with Crippen molar-refractivity contribution in [1.29, 1.82) is 0 Å². The fourth-order valence-corrected chi connectivity index (χ4v) is 1.97. The molecule has 21 heavy (non-hydrogen) atoms. The highest BCUT2D eigenvalue weighted by Gasteiger charge is 2.08. The first kappa shape index (κ1) is 13.0. The molecule has 0 aliphatic heterocycles. The number of carboxylic acids is 1. The van der Waals surface area contributed by atoms with Crippen LogP contribution in [-0.2, 0) is 6.61 Å². The third-order valence-corrected chi connectivity index (χ3v) is 2.99. The molecule has 2 heterocycles. The molecule has 3 rings (SSSR count). The smallest absolute Gasteiger partial charge is 0.337 e. The third kappa shape index (κ3) is 2.64. The lowest BCUT2D eigenvalue weighted by molar-refractivity contribution is 0.0696. The van der Waals surface area contributed by atoms with Gasteiger partial charge in [-0.3, -0.25) is 0 Å². The van der Waals surface area contributed by atoms with Crippen molar-refractivity contribution in [1.82, 2.24) is 9.38 Å². The summed E-state index contributed by atoms with van der Waals surface area (Å²) in [5.74, 6) is -0.548. The van der Waals surface area contributed by atoms with Crippen molar-refractivity contribution >= 4 is 11.6 Å². The quantitative estimate of drug-likeness (QED) is 0.768. The van der Waals surface area contributed by atoms with E-state index >= 15 is 0 Å². The van der Waals surface area contributed by atoms with Gasteiger partial charge < -0.3 is 19.4 Å². The molecular weight excluding hydrogens is 272 g/mol. The van der Waals surface area contributed by atoms with E-state index in [1.807, 2.05) is 0 Å². The molecule has 0 aliphatic rings. The highest BCUT2D eigenvalue weighted by Crippen LogP contribution is 2.25. The van der Waals surface area contributed by atoms with Gasteiger partial charge in [0.1, 0.15) is 12.3 Å². The van der Waals surface area contributed by atoms with Gasteiger partial charge in [-0.05, 0) is 24.3 Å². The Balaban J connectivity index is 1.82. The number of aromatic nitrogens is 2. The molecule has 0 saturated heterocycles. The van der Waals surface area contributed by atoms with Crippen molar-refractivity contribution in [3.8, 4) is 11.5 Å². The Morgan fingerprint density at radius 1 is 1.19 bits per heavy atom. The highest BCUT2D eigenvalue weighted by molar-refractivity contribution is 5.87. The summed E-state index contributed by atoms with van der Waals surface area (Å²) < 4.78 is 7.12. The number of phenolic OH excluding ortho intramolecular Hbond substituents is 1. The highest BCUT2D eigenvalue weighted by atomic mass is 16.5. The lowest BCUT2D eigenvalue weighted by Gasteiger charge is -2.05. The molecule has 0 fully saturated rings. The monoisotopic (exact) mass is 284 g/mol. The van der Waals surface area contributed by atoms with Crippen molar-refractivity contribution in [2.24, 2.45) is 0 Å². The lowest BCUT2D eigenvalue weighted by Crippen LogP contribution is -1.97. The molecule has 0 unspecified atom stereocenters. The number of hydrogen-bond acceptors (Lipinski definition) is 4. The summed E-state index contributed by atoms with van der Waals surface area (Å²) in [6, 6.07) is 9.80. The van der Waals surface area contributed by atoms with Gasteiger partial charge in [-0.1, -0.05) is 12.1 Å². The number of rotatable bonds is 4. The Morgan fingerprint density at radius 3 is 2.76 bits per heavy atom. The van der Waals surface area contributed by atoms with Crippen LogP contribution in [0.1, 0.15) is 16.1 Å². The molecule has 2 aromatic heterocycles. The average molecular weight is 284 g/mol. The molecule has 106 valence electrons. The number of carbonyl (C=O) groups is 1. The SMILES string of the molecule is O=C(O)c1ccc2nc(COc3ccccc3O)cn2c1. The Bertz CT molecular complexity index is 810. The van der Waals surface area contributed by atoms with Crippen LogP contribution in [0.15, 0.2) is 48.8 Å². The first-order valence-electron chi connectivity index (χ1n) is 6.25. The molecule has 0 amide bonds. The van der Waals surface area contributed by atoms with Gasteiger partial charge >= 0.3 is 5.97 Å². The summed E-state index contributed by atoms with van der Waals surface area (Å²) in [5.41, 5.74) is 1.46. The van der Waals surface area contributed by atoms with Crippen LogP contribution in [0.4, 0.5) is 0 Å². The van der Waals surface area contributed by atoms with Crippen molar-refractivity contribution in [3.63, 3.8) is 0 Å². The number of aromatic carboxylic acids is 1. The predicted octanol–water partition coefficient (Wildman–Crippen LogP) is 2.32. The predicted molar refractivity (Wildman–Crippen MR) is 74.6 cm³/mol. The zero-order valence-corrected chi connectivity index (χ0v) is 10.9. The maximum atomic E-state index is 10.9. The second-order valence-electron chi connectivity index (χ2n) is 4.48. The average Bonchev–Trinajstić information content (AvgIpc) is 2.88. The second-order valence-corrected chi connectivity index (χ2v) is 4.48. The molecule has 1 aromatic carbocycles. The normalized spacial score (nSPS) is 10.7. The van der Waals surface area contributed by atoms with Crippen LogP contribution in [0, 0.1) is 0 Å². The molecule has 0 atom stereocenters. The Hall–Kier alpha value is -3.02. The van der Waals surface area contributed by atoms with E-state index in [0.29, 0.717) is 17.1 Å². The number of benzene rings is 1. The van der Waals surface area contributed by atoms with E-state index in [1.165, 1.54) is 18.3 Å². The van der Waals surface area contributed by atoms with E-state index in [0.717, 1.165) is 0 Å². The van der Waals surface area contributed by atoms with Crippen LogP contribution < -0.4 is 4.74 Å². The fourth-order valence-electron chi connectivity index (χ4n) is 1.97. The van der Waals surface area contributed by atoms with E-state index in [-0.39, 0.29) is 17.9 Å². The number of phenols is 1. The Morgan fingerprint density at radius 2 is 2.00 bits per heavy atom. The van der Waals surface area contributed by atoms with Gasteiger partial charge in [0.15, 0.2) is 11.5 Å². The van der Waals surface area contributed by atoms with Gasteiger partial charge in [0.05, 0.1) is 11.3 Å². The minimum atomic E-state index is -0.988. The van der Waals surface area contributed by atoms with Crippen molar-refractivity contribution in [2.75, 3.05) is 0 Å². The number of imidazole rings is 1. The van der Waals surface area contributed by atoms with Crippen LogP contribution in [-0.4, -0.2) is 25.6 Å². The van der Waals surface area contributed by atoms with E-state index < -0.39 is 5.97 Å². The molecule has 2 N–H and O–H groups in total. The van der Waals surface area contributed by atoms with E-state index in [4.69, 9.17) is 9.84 Å². The van der Waals surface area contributed by atoms with E-state index in [1.54, 1.807) is 34.9 Å². The van der Waals surface area contributed by atoms with Crippen molar-refractivity contribution < 1.29 is 19.7 Å². The molecule has 0 spiro atoms. The van der Waals surface area contributed by atoms with E-state index in [2.05, 4.69) is 4.98 Å². The summed E-state index contributed by atoms with van der Waals surface area (Å²) in [6.07, 6.45) is 3.19. The van der Waals surface area contributed by atoms with Crippen LogP contribution in [0.5, 0.6) is 11.5 Å². The molecule has 0 aliphatic carbocycles. The number of fused-ring (bicyclic) bond motifs is 1. The largest absolute Gasteiger partial charge is 0.504 e. The topological polar surface area (TPSA) is 84.1 Å². The number of carboxylic acid groups (broad SMARTS) is 1. The summed E-state index contributed by atoms with van der Waals surface area (Å²) in [5, 5.41) is 18.6. The standard InChI is InChI=1S/C15H12N2O4/c18-12-3-1-2-4-13(12)21-9-11-8-17-7-10(15(19)20)5-6-14(17)16-11/h1-8,18H,9H2,(H,19,20). The fraction of sp³-hybridized carbons (Fsp3) is 0.0667. The molecule has 3 aromatic rings. The maximum Gasteiger partial charge on any atom is 0.337 e. The minimum absolute atomic E-state index is 0.0643. The molecule has 6 heteroatoms. The van der Waals surface area contributed by atoms with Crippen molar-refractivity contribution in [2.45, 2.75) is 6.61 Å². The summed E-state index contributed by atoms with van der Waals surface area (Å²) in [4.78, 5) is 15.2. The van der Waals surface area contributed by atoms with Gasteiger partial charge in [-0.2, -0.15) is 0 Å². The first-order chi connectivity index (χ1) is 10.1. The summed E-state index contributed by atoms with van der Waals surface area (Å²) >= 11 is 0. The molecule has 0 radical (unpaired) electrons. The molecule has 6 nitrogen and oxygen atoms in total. The molecular formula is C15H12N2O4. The van der Waals surface area contributed by atoms with Gasteiger partial charge in [0, 0.05) is 12.4 Å². The zero-order valence-electron chi connectivity index (χ0n) is 10.9. The van der Waals surface area contributed by atoms with Crippen molar-refractivity contribution in [3.05, 3.63) is 60.0 Å². The zero-order chi connectivity index (χ0) is 14.8. The van der Waals surface area contributed by atoms with Crippen LogP contribution in [0.3, 0.4) is 0 Å².